The van der Waals surface area contributed by atoms with Gasteiger partial charge in [0, 0.05) is 37.3 Å². The van der Waals surface area contributed by atoms with Crippen LogP contribution in [0.3, 0.4) is 0 Å². The van der Waals surface area contributed by atoms with Crippen molar-refractivity contribution < 1.29 is 9.53 Å². The first-order chi connectivity index (χ1) is 13.0. The van der Waals surface area contributed by atoms with Crippen LogP contribution in [0.1, 0.15) is 39.5 Å². The lowest BCUT2D eigenvalue weighted by molar-refractivity contribution is -0.123. The highest BCUT2D eigenvalue weighted by atomic mass is 16.5. The Bertz CT molecular complexity index is 759. The van der Waals surface area contributed by atoms with Gasteiger partial charge in [0.25, 0.3) is 0 Å². The van der Waals surface area contributed by atoms with Crippen molar-refractivity contribution >= 4 is 16.8 Å². The topological polar surface area (TPSA) is 59.4 Å². The van der Waals surface area contributed by atoms with Crippen LogP contribution < -0.4 is 5.32 Å². The molecule has 1 unspecified atom stereocenters. The van der Waals surface area contributed by atoms with E-state index in [4.69, 9.17) is 4.74 Å². The van der Waals surface area contributed by atoms with Gasteiger partial charge in [-0.05, 0) is 45.6 Å². The lowest BCUT2D eigenvalue weighted by Gasteiger charge is -2.40. The summed E-state index contributed by atoms with van der Waals surface area (Å²) in [6.07, 6.45) is 6.41. The number of hydrogen-bond acceptors (Lipinski definition) is 4. The number of nitrogens with zero attached hydrogens (tertiary/aromatic N) is 3. The molecular weight excluding hydrogens is 340 g/mol. The number of ether oxygens (including phenoxy) is 1. The quantitative estimate of drug-likeness (QED) is 0.879. The molecule has 2 aliphatic heterocycles. The average molecular weight is 370 g/mol. The minimum Gasteiger partial charge on any atom is -0.370 e. The molecule has 0 saturated carbocycles. The van der Waals surface area contributed by atoms with Crippen molar-refractivity contribution in [1.82, 2.24) is 20.0 Å². The number of carbonyl (C=O) groups is 1. The molecule has 2 fully saturated rings. The second-order valence-electron chi connectivity index (χ2n) is 8.28. The molecule has 27 heavy (non-hydrogen) atoms. The summed E-state index contributed by atoms with van der Waals surface area (Å²) < 4.78 is 8.11. The van der Waals surface area contributed by atoms with Gasteiger partial charge in [0.1, 0.15) is 6.54 Å². The maximum Gasteiger partial charge on any atom is 0.241 e. The van der Waals surface area contributed by atoms with Crippen LogP contribution in [0.2, 0.25) is 0 Å². The fourth-order valence-electron chi connectivity index (χ4n) is 4.38. The molecule has 6 nitrogen and oxygen atoms in total. The van der Waals surface area contributed by atoms with Crippen molar-refractivity contribution in [3.8, 4) is 0 Å². The highest BCUT2D eigenvalue weighted by molar-refractivity contribution is 5.79. The third-order valence-electron chi connectivity index (χ3n) is 6.07. The number of amides is 1. The first-order valence-corrected chi connectivity index (χ1v) is 10.1. The molecular formula is C21H30N4O2. The molecule has 1 aromatic carbocycles. The van der Waals surface area contributed by atoms with E-state index in [9.17, 15) is 4.79 Å². The van der Waals surface area contributed by atoms with Gasteiger partial charge < -0.3 is 15.0 Å². The molecule has 0 bridgehead atoms. The number of fused-ring (bicyclic) bond motifs is 1. The van der Waals surface area contributed by atoms with Gasteiger partial charge in [0.05, 0.1) is 17.2 Å². The zero-order chi connectivity index (χ0) is 18.9. The number of aromatic nitrogens is 2. The van der Waals surface area contributed by atoms with Crippen molar-refractivity contribution in [2.45, 2.75) is 63.8 Å². The molecule has 2 aromatic rings. The highest BCUT2D eigenvalue weighted by Crippen LogP contribution is 2.39. The second-order valence-corrected chi connectivity index (χ2v) is 8.28. The molecule has 1 atom stereocenters. The monoisotopic (exact) mass is 370 g/mol. The summed E-state index contributed by atoms with van der Waals surface area (Å²) in [5.74, 6) is -0.0121. The molecule has 3 heterocycles. The number of hydrogen-bond donors (Lipinski definition) is 1. The maximum absolute atomic E-state index is 12.3. The number of carbonyl (C=O) groups excluding carboxylic acids is 1. The molecule has 2 saturated heterocycles. The number of nitrogens with one attached hydrogen (secondary N) is 1. The average Bonchev–Trinajstić information content (AvgIpc) is 3.24. The largest absolute Gasteiger partial charge is 0.370 e. The van der Waals surface area contributed by atoms with Crippen LogP contribution in [-0.2, 0) is 16.1 Å². The first kappa shape index (κ1) is 18.4. The Morgan fingerprint density at radius 2 is 2.07 bits per heavy atom. The third-order valence-corrected chi connectivity index (χ3v) is 6.07. The van der Waals surface area contributed by atoms with E-state index < -0.39 is 0 Å². The Morgan fingerprint density at radius 1 is 1.30 bits per heavy atom. The van der Waals surface area contributed by atoms with Gasteiger partial charge in [-0.2, -0.15) is 5.10 Å². The van der Waals surface area contributed by atoms with Crippen molar-refractivity contribution in [3.05, 3.63) is 30.5 Å². The van der Waals surface area contributed by atoms with E-state index in [1.165, 1.54) is 0 Å². The van der Waals surface area contributed by atoms with Crippen LogP contribution in [0.25, 0.3) is 10.9 Å². The number of rotatable bonds is 5. The van der Waals surface area contributed by atoms with E-state index >= 15 is 0 Å². The molecule has 1 N–H and O–H groups in total. The SMILES string of the molecule is CC(C)N1CCC2(CCC(CNC(=O)Cn3cc4ccccc4n3)O2)CC1. The Kier molecular flexibility index (Phi) is 5.19. The van der Waals surface area contributed by atoms with Crippen LogP contribution >= 0.6 is 0 Å². The summed E-state index contributed by atoms with van der Waals surface area (Å²) >= 11 is 0. The van der Waals surface area contributed by atoms with Gasteiger partial charge in [0.15, 0.2) is 0 Å². The van der Waals surface area contributed by atoms with Crippen LogP contribution in [0.4, 0.5) is 0 Å². The predicted octanol–water partition coefficient (Wildman–Crippen LogP) is 2.57. The lowest BCUT2D eigenvalue weighted by atomic mass is 9.88. The zero-order valence-corrected chi connectivity index (χ0v) is 16.4. The third kappa shape index (κ3) is 4.17. The molecule has 1 amide bonds. The smallest absolute Gasteiger partial charge is 0.241 e. The van der Waals surface area contributed by atoms with Gasteiger partial charge in [-0.15, -0.1) is 0 Å². The Morgan fingerprint density at radius 3 is 2.81 bits per heavy atom. The van der Waals surface area contributed by atoms with E-state index in [0.29, 0.717) is 12.6 Å². The summed E-state index contributed by atoms with van der Waals surface area (Å²) in [6.45, 7) is 7.58. The Labute approximate surface area is 160 Å². The summed E-state index contributed by atoms with van der Waals surface area (Å²) in [5.41, 5.74) is 0.958. The van der Waals surface area contributed by atoms with Crippen molar-refractivity contribution in [2.24, 2.45) is 0 Å². The first-order valence-electron chi connectivity index (χ1n) is 10.1. The van der Waals surface area contributed by atoms with Gasteiger partial charge >= 0.3 is 0 Å². The molecule has 2 aliphatic rings. The van der Waals surface area contributed by atoms with Crippen LogP contribution in [0.5, 0.6) is 0 Å². The van der Waals surface area contributed by atoms with Gasteiger partial charge in [-0.25, -0.2) is 0 Å². The lowest BCUT2D eigenvalue weighted by Crippen LogP contribution is -2.47. The molecule has 6 heteroatoms. The molecule has 1 spiro atoms. The maximum atomic E-state index is 12.3. The molecule has 0 radical (unpaired) electrons. The molecule has 0 aliphatic carbocycles. The fraction of sp³-hybridized carbons (Fsp3) is 0.619. The zero-order valence-electron chi connectivity index (χ0n) is 16.4. The minimum absolute atomic E-state index is 0.0121. The van der Waals surface area contributed by atoms with Crippen LogP contribution in [0, 0.1) is 0 Å². The van der Waals surface area contributed by atoms with Crippen LogP contribution in [-0.4, -0.2) is 58.0 Å². The van der Waals surface area contributed by atoms with E-state index in [1.807, 2.05) is 30.5 Å². The predicted molar refractivity (Wildman–Crippen MR) is 106 cm³/mol. The number of likely N-dealkylation sites (tertiary alicyclic amines) is 1. The summed E-state index contributed by atoms with van der Waals surface area (Å²) in [6, 6.07) is 8.51. The summed E-state index contributed by atoms with van der Waals surface area (Å²) in [7, 11) is 0. The van der Waals surface area contributed by atoms with Gasteiger partial charge in [0.2, 0.25) is 5.91 Å². The van der Waals surface area contributed by atoms with Crippen molar-refractivity contribution in [3.63, 3.8) is 0 Å². The molecule has 146 valence electrons. The summed E-state index contributed by atoms with van der Waals surface area (Å²) in [5, 5.41) is 8.53. The standard InChI is InChI=1S/C21H30N4O2/c1-16(2)24-11-9-21(10-12-24)8-7-18(27-21)13-22-20(26)15-25-14-17-5-3-4-6-19(17)23-25/h3-6,14,16,18H,7-13,15H2,1-2H3,(H,22,26). The molecule has 4 rings (SSSR count). The second kappa shape index (κ2) is 7.60. The number of piperidine rings is 1. The van der Waals surface area contributed by atoms with E-state index in [-0.39, 0.29) is 24.2 Å². The Hall–Kier alpha value is -1.92. The number of benzene rings is 1. The van der Waals surface area contributed by atoms with Crippen molar-refractivity contribution in [2.75, 3.05) is 19.6 Å². The van der Waals surface area contributed by atoms with E-state index in [0.717, 1.165) is 49.7 Å². The fourth-order valence-corrected chi connectivity index (χ4v) is 4.38. The van der Waals surface area contributed by atoms with Crippen LogP contribution in [0.15, 0.2) is 30.5 Å². The van der Waals surface area contributed by atoms with E-state index in [2.05, 4.69) is 29.2 Å². The minimum atomic E-state index is -0.0121. The Balaban J connectivity index is 1.24. The normalized spacial score (nSPS) is 22.7. The summed E-state index contributed by atoms with van der Waals surface area (Å²) in [4.78, 5) is 14.8. The van der Waals surface area contributed by atoms with Gasteiger partial charge in [-0.1, -0.05) is 18.2 Å². The molecule has 1 aromatic heterocycles. The highest BCUT2D eigenvalue weighted by Gasteiger charge is 2.42. The van der Waals surface area contributed by atoms with E-state index in [1.54, 1.807) is 4.68 Å². The van der Waals surface area contributed by atoms with Gasteiger partial charge in [-0.3, -0.25) is 9.48 Å². The van der Waals surface area contributed by atoms with Crippen molar-refractivity contribution in [1.29, 1.82) is 0 Å².